The molecule has 1 unspecified atom stereocenters. The molecule has 1 aliphatic rings. The Morgan fingerprint density at radius 3 is 2.90 bits per heavy atom. The van der Waals surface area contributed by atoms with E-state index in [4.69, 9.17) is 9.15 Å². The molecular weight excluding hydrogens is 326 g/mol. The van der Waals surface area contributed by atoms with E-state index in [1.807, 2.05) is 0 Å². The second-order valence-corrected chi connectivity index (χ2v) is 5.19. The second kappa shape index (κ2) is 5.30. The van der Waals surface area contributed by atoms with E-state index in [0.29, 0.717) is 40.5 Å². The van der Waals surface area contributed by atoms with Gasteiger partial charge in [0.1, 0.15) is 24.2 Å². The number of aliphatic hydroxyl groups is 1. The highest BCUT2D eigenvalue weighted by atomic mass is 79.9. The number of ether oxygens (including phenoxy) is 1. The molecule has 2 heterocycles. The van der Waals surface area contributed by atoms with Gasteiger partial charge in [0.25, 0.3) is 5.91 Å². The molecule has 20 heavy (non-hydrogen) atoms. The van der Waals surface area contributed by atoms with Crippen LogP contribution in [-0.4, -0.2) is 24.2 Å². The average molecular weight is 338 g/mol. The summed E-state index contributed by atoms with van der Waals surface area (Å²) in [4.78, 5) is 11.9. The van der Waals surface area contributed by atoms with Gasteiger partial charge in [-0.2, -0.15) is 0 Å². The van der Waals surface area contributed by atoms with Crippen molar-refractivity contribution < 1.29 is 19.1 Å². The predicted molar refractivity (Wildman–Crippen MR) is 74.7 cm³/mol. The Morgan fingerprint density at radius 1 is 1.30 bits per heavy atom. The normalized spacial score (nSPS) is 15.8. The second-order valence-electron chi connectivity index (χ2n) is 4.40. The third-order valence-corrected chi connectivity index (χ3v) is 3.50. The lowest BCUT2D eigenvalue weighted by atomic mass is 10.0. The Morgan fingerprint density at radius 2 is 2.15 bits per heavy atom. The van der Waals surface area contributed by atoms with Crippen LogP contribution < -0.4 is 10.1 Å². The van der Waals surface area contributed by atoms with Crippen LogP contribution in [0.2, 0.25) is 0 Å². The summed E-state index contributed by atoms with van der Waals surface area (Å²) in [6, 6.07) is 8.42. The van der Waals surface area contributed by atoms with Gasteiger partial charge in [-0.3, -0.25) is 4.79 Å². The fourth-order valence-electron chi connectivity index (χ4n) is 2.08. The maximum Gasteiger partial charge on any atom is 0.255 e. The van der Waals surface area contributed by atoms with Crippen LogP contribution in [0.3, 0.4) is 0 Å². The topological polar surface area (TPSA) is 71.7 Å². The van der Waals surface area contributed by atoms with Gasteiger partial charge in [0.2, 0.25) is 0 Å². The molecule has 1 amide bonds. The van der Waals surface area contributed by atoms with Gasteiger partial charge in [-0.15, -0.1) is 0 Å². The Labute approximate surface area is 123 Å². The van der Waals surface area contributed by atoms with Gasteiger partial charge < -0.3 is 19.6 Å². The van der Waals surface area contributed by atoms with Crippen LogP contribution in [0.15, 0.2) is 39.4 Å². The Hall–Kier alpha value is -1.79. The number of rotatable bonds is 2. The van der Waals surface area contributed by atoms with Crippen molar-refractivity contribution in [3.8, 4) is 5.75 Å². The molecule has 0 aliphatic carbocycles. The zero-order chi connectivity index (χ0) is 14.1. The first-order valence-electron chi connectivity index (χ1n) is 6.13. The lowest BCUT2D eigenvalue weighted by molar-refractivity contribution is 0.0957. The van der Waals surface area contributed by atoms with Crippen molar-refractivity contribution in [2.75, 3.05) is 13.2 Å². The number of benzene rings is 1. The van der Waals surface area contributed by atoms with Gasteiger partial charge in [0.15, 0.2) is 4.67 Å². The standard InChI is InChI=1S/C14H12BrNO4/c15-12-4-3-11(20-12)13(17)8-1-2-10-9(7-8)14(18)16-5-6-19-10/h1-4,7,13,17H,5-6H2,(H,16,18). The lowest BCUT2D eigenvalue weighted by Crippen LogP contribution is -2.24. The molecule has 6 heteroatoms. The van der Waals surface area contributed by atoms with Gasteiger partial charge in [-0.1, -0.05) is 6.07 Å². The van der Waals surface area contributed by atoms with Crippen LogP contribution in [0.1, 0.15) is 27.8 Å². The van der Waals surface area contributed by atoms with Gasteiger partial charge in [0.05, 0.1) is 12.1 Å². The Balaban J connectivity index is 1.97. The van der Waals surface area contributed by atoms with E-state index in [1.54, 1.807) is 30.3 Å². The maximum absolute atomic E-state index is 11.9. The van der Waals surface area contributed by atoms with Crippen LogP contribution in [0.5, 0.6) is 5.75 Å². The van der Waals surface area contributed by atoms with Crippen molar-refractivity contribution in [3.05, 3.63) is 51.9 Å². The van der Waals surface area contributed by atoms with Crippen molar-refractivity contribution in [1.29, 1.82) is 0 Å². The zero-order valence-electron chi connectivity index (χ0n) is 10.4. The first-order chi connectivity index (χ1) is 9.65. The van der Waals surface area contributed by atoms with Gasteiger partial charge in [0, 0.05) is 0 Å². The highest BCUT2D eigenvalue weighted by molar-refractivity contribution is 9.10. The minimum atomic E-state index is -0.928. The fraction of sp³-hybridized carbons (Fsp3) is 0.214. The van der Waals surface area contributed by atoms with Crippen molar-refractivity contribution >= 4 is 21.8 Å². The number of hydrogen-bond donors (Lipinski definition) is 2. The molecule has 1 aliphatic heterocycles. The molecule has 0 saturated carbocycles. The minimum Gasteiger partial charge on any atom is -0.491 e. The number of carbonyl (C=O) groups is 1. The van der Waals surface area contributed by atoms with Crippen LogP contribution in [0.4, 0.5) is 0 Å². The van der Waals surface area contributed by atoms with Crippen molar-refractivity contribution in [1.82, 2.24) is 5.32 Å². The molecular formula is C14H12BrNO4. The average Bonchev–Trinajstić information content (AvgIpc) is 2.80. The Bertz CT molecular complexity index is 652. The largest absolute Gasteiger partial charge is 0.491 e. The monoisotopic (exact) mass is 337 g/mol. The molecule has 0 radical (unpaired) electrons. The van der Waals surface area contributed by atoms with Crippen molar-refractivity contribution in [3.63, 3.8) is 0 Å². The third kappa shape index (κ3) is 2.44. The van der Waals surface area contributed by atoms with E-state index in [-0.39, 0.29) is 5.91 Å². The summed E-state index contributed by atoms with van der Waals surface area (Å²) in [6.07, 6.45) is -0.928. The molecule has 3 rings (SSSR count). The molecule has 1 aromatic carbocycles. The molecule has 5 nitrogen and oxygen atoms in total. The summed E-state index contributed by atoms with van der Waals surface area (Å²) >= 11 is 3.19. The van der Waals surface area contributed by atoms with E-state index in [0.717, 1.165) is 0 Å². The number of halogens is 1. The number of nitrogens with one attached hydrogen (secondary N) is 1. The summed E-state index contributed by atoms with van der Waals surface area (Å²) in [5, 5.41) is 13.0. The van der Waals surface area contributed by atoms with Crippen LogP contribution in [-0.2, 0) is 0 Å². The highest BCUT2D eigenvalue weighted by Gasteiger charge is 2.21. The lowest BCUT2D eigenvalue weighted by Gasteiger charge is -2.11. The first-order valence-corrected chi connectivity index (χ1v) is 6.92. The quantitative estimate of drug-likeness (QED) is 0.881. The molecule has 2 N–H and O–H groups in total. The van der Waals surface area contributed by atoms with E-state index < -0.39 is 6.10 Å². The van der Waals surface area contributed by atoms with E-state index >= 15 is 0 Å². The number of furan rings is 1. The fourth-order valence-corrected chi connectivity index (χ4v) is 2.40. The van der Waals surface area contributed by atoms with E-state index in [1.165, 1.54) is 0 Å². The summed E-state index contributed by atoms with van der Waals surface area (Å²) in [5.41, 5.74) is 0.996. The molecule has 1 aromatic heterocycles. The number of aliphatic hydroxyl groups excluding tert-OH is 1. The number of fused-ring (bicyclic) bond motifs is 1. The smallest absolute Gasteiger partial charge is 0.255 e. The van der Waals surface area contributed by atoms with E-state index in [9.17, 15) is 9.90 Å². The molecule has 1 atom stereocenters. The third-order valence-electron chi connectivity index (χ3n) is 3.07. The molecule has 104 valence electrons. The molecule has 0 fully saturated rings. The molecule has 0 spiro atoms. The van der Waals surface area contributed by atoms with E-state index in [2.05, 4.69) is 21.2 Å². The molecule has 2 aromatic rings. The van der Waals surface area contributed by atoms with Crippen molar-refractivity contribution in [2.45, 2.75) is 6.10 Å². The van der Waals surface area contributed by atoms with Crippen molar-refractivity contribution in [2.24, 2.45) is 0 Å². The van der Waals surface area contributed by atoms with Crippen LogP contribution >= 0.6 is 15.9 Å². The number of carbonyl (C=O) groups excluding carboxylic acids is 1. The van der Waals surface area contributed by atoms with Crippen LogP contribution in [0.25, 0.3) is 0 Å². The predicted octanol–water partition coefficient (Wildman–Crippen LogP) is 2.25. The zero-order valence-corrected chi connectivity index (χ0v) is 12.0. The maximum atomic E-state index is 11.9. The minimum absolute atomic E-state index is 0.202. The summed E-state index contributed by atoms with van der Waals surface area (Å²) < 4.78 is 11.3. The van der Waals surface area contributed by atoms with Gasteiger partial charge in [-0.05, 0) is 45.8 Å². The molecule has 0 saturated heterocycles. The number of hydrogen-bond acceptors (Lipinski definition) is 4. The summed E-state index contributed by atoms with van der Waals surface area (Å²) in [6.45, 7) is 0.905. The Kier molecular flexibility index (Phi) is 3.50. The highest BCUT2D eigenvalue weighted by Crippen LogP contribution is 2.29. The first kappa shape index (κ1) is 13.2. The van der Waals surface area contributed by atoms with Gasteiger partial charge >= 0.3 is 0 Å². The summed E-state index contributed by atoms with van der Waals surface area (Å²) in [7, 11) is 0. The SMILES string of the molecule is O=C1NCCOc2ccc(C(O)c3ccc(Br)o3)cc21. The van der Waals surface area contributed by atoms with Gasteiger partial charge in [-0.25, -0.2) is 0 Å². The number of amides is 1. The summed E-state index contributed by atoms with van der Waals surface area (Å²) in [5.74, 6) is 0.732. The van der Waals surface area contributed by atoms with Crippen LogP contribution in [0, 0.1) is 0 Å². The molecule has 0 bridgehead atoms.